The summed E-state index contributed by atoms with van der Waals surface area (Å²) in [6.07, 6.45) is 4.50. The Labute approximate surface area is 73.7 Å². The van der Waals surface area contributed by atoms with Crippen LogP contribution in [0.25, 0.3) is 0 Å². The molecule has 1 rings (SSSR count). The van der Waals surface area contributed by atoms with Gasteiger partial charge >= 0.3 is 0 Å². The minimum Gasteiger partial charge on any atom is -0.376 e. The summed E-state index contributed by atoms with van der Waals surface area (Å²) in [5.74, 6) is 0. The third kappa shape index (κ3) is 2.81. The SMILES string of the molecule is CCCCOC1CCN(C=O)C1. The molecule has 0 N–H and O–H groups in total. The molecular formula is C9H17NO2. The van der Waals surface area contributed by atoms with Crippen LogP contribution in [0.2, 0.25) is 0 Å². The van der Waals surface area contributed by atoms with E-state index in [1.807, 2.05) is 0 Å². The molecule has 70 valence electrons. The number of unbranched alkanes of at least 4 members (excludes halogenated alkanes) is 1. The molecule has 0 aliphatic carbocycles. The number of nitrogens with zero attached hydrogens (tertiary/aromatic N) is 1. The molecule has 0 spiro atoms. The summed E-state index contributed by atoms with van der Waals surface area (Å²) in [7, 11) is 0. The largest absolute Gasteiger partial charge is 0.376 e. The van der Waals surface area contributed by atoms with Crippen LogP contribution in [0.5, 0.6) is 0 Å². The Hall–Kier alpha value is -0.570. The normalized spacial score (nSPS) is 23.1. The Morgan fingerprint density at radius 1 is 1.67 bits per heavy atom. The molecule has 3 nitrogen and oxygen atoms in total. The van der Waals surface area contributed by atoms with Gasteiger partial charge in [0.25, 0.3) is 0 Å². The van der Waals surface area contributed by atoms with Crippen LogP contribution in [0, 0.1) is 0 Å². The van der Waals surface area contributed by atoms with Crippen molar-refractivity contribution in [2.45, 2.75) is 32.3 Å². The highest BCUT2D eigenvalue weighted by Crippen LogP contribution is 2.10. The molecule has 1 atom stereocenters. The zero-order valence-corrected chi connectivity index (χ0v) is 7.66. The summed E-state index contributed by atoms with van der Waals surface area (Å²) >= 11 is 0. The van der Waals surface area contributed by atoms with Crippen LogP contribution in [0.3, 0.4) is 0 Å². The molecular weight excluding hydrogens is 154 g/mol. The van der Waals surface area contributed by atoms with Gasteiger partial charge in [-0.2, -0.15) is 0 Å². The smallest absolute Gasteiger partial charge is 0.209 e. The number of rotatable bonds is 5. The second-order valence-electron chi connectivity index (χ2n) is 3.24. The molecule has 0 bridgehead atoms. The molecule has 3 heteroatoms. The van der Waals surface area contributed by atoms with E-state index in [9.17, 15) is 4.79 Å². The topological polar surface area (TPSA) is 29.5 Å². The second kappa shape index (κ2) is 5.14. The zero-order chi connectivity index (χ0) is 8.81. The first-order chi connectivity index (χ1) is 5.86. The number of likely N-dealkylation sites (tertiary alicyclic amines) is 1. The summed E-state index contributed by atoms with van der Waals surface area (Å²) in [5.41, 5.74) is 0. The molecule has 1 aliphatic heterocycles. The molecule has 1 amide bonds. The average molecular weight is 171 g/mol. The van der Waals surface area contributed by atoms with Crippen molar-refractivity contribution in [2.24, 2.45) is 0 Å². The minimum absolute atomic E-state index is 0.293. The molecule has 0 saturated carbocycles. The van der Waals surface area contributed by atoms with Gasteiger partial charge in [0.1, 0.15) is 0 Å². The molecule has 1 unspecified atom stereocenters. The van der Waals surface area contributed by atoms with E-state index in [2.05, 4.69) is 6.92 Å². The second-order valence-corrected chi connectivity index (χ2v) is 3.24. The fraction of sp³-hybridized carbons (Fsp3) is 0.889. The molecule has 0 aromatic rings. The number of carbonyl (C=O) groups excluding carboxylic acids is 1. The lowest BCUT2D eigenvalue weighted by atomic mass is 10.3. The predicted molar refractivity (Wildman–Crippen MR) is 46.9 cm³/mol. The van der Waals surface area contributed by atoms with Crippen LogP contribution >= 0.6 is 0 Å². The Balaban J connectivity index is 2.06. The fourth-order valence-corrected chi connectivity index (χ4v) is 1.38. The van der Waals surface area contributed by atoms with Gasteiger partial charge in [0.2, 0.25) is 6.41 Å². The first-order valence-corrected chi connectivity index (χ1v) is 4.67. The fourth-order valence-electron chi connectivity index (χ4n) is 1.38. The van der Waals surface area contributed by atoms with Gasteiger partial charge in [-0.15, -0.1) is 0 Å². The van der Waals surface area contributed by atoms with E-state index in [4.69, 9.17) is 4.74 Å². The van der Waals surface area contributed by atoms with Gasteiger partial charge in [0, 0.05) is 19.7 Å². The van der Waals surface area contributed by atoms with Gasteiger partial charge < -0.3 is 9.64 Å². The minimum atomic E-state index is 0.293. The maximum Gasteiger partial charge on any atom is 0.209 e. The van der Waals surface area contributed by atoms with Crippen molar-refractivity contribution in [1.29, 1.82) is 0 Å². The highest BCUT2D eigenvalue weighted by atomic mass is 16.5. The molecule has 1 saturated heterocycles. The first-order valence-electron chi connectivity index (χ1n) is 4.67. The van der Waals surface area contributed by atoms with Crippen LogP contribution in [0.4, 0.5) is 0 Å². The summed E-state index contributed by atoms with van der Waals surface area (Å²) in [5, 5.41) is 0. The number of amides is 1. The van der Waals surface area contributed by atoms with Crippen molar-refractivity contribution in [1.82, 2.24) is 4.90 Å². The van der Waals surface area contributed by atoms with Crippen LogP contribution in [-0.4, -0.2) is 37.1 Å². The zero-order valence-electron chi connectivity index (χ0n) is 7.66. The lowest BCUT2D eigenvalue weighted by molar-refractivity contribution is -0.117. The third-order valence-electron chi connectivity index (χ3n) is 2.18. The van der Waals surface area contributed by atoms with Gasteiger partial charge in [0.15, 0.2) is 0 Å². The average Bonchev–Trinajstić information content (AvgIpc) is 2.53. The van der Waals surface area contributed by atoms with Crippen molar-refractivity contribution in [3.63, 3.8) is 0 Å². The summed E-state index contributed by atoms with van der Waals surface area (Å²) in [6, 6.07) is 0. The molecule has 1 aliphatic rings. The Bertz CT molecular complexity index is 138. The number of ether oxygens (including phenoxy) is 1. The van der Waals surface area contributed by atoms with Crippen molar-refractivity contribution >= 4 is 6.41 Å². The Morgan fingerprint density at radius 2 is 2.50 bits per heavy atom. The van der Waals surface area contributed by atoms with Crippen LogP contribution in [0.15, 0.2) is 0 Å². The van der Waals surface area contributed by atoms with Gasteiger partial charge in [0.05, 0.1) is 6.10 Å². The summed E-state index contributed by atoms with van der Waals surface area (Å²) in [4.78, 5) is 12.1. The van der Waals surface area contributed by atoms with E-state index in [1.165, 1.54) is 6.42 Å². The predicted octanol–water partition coefficient (Wildman–Crippen LogP) is 1.03. The monoisotopic (exact) mass is 171 g/mol. The highest BCUT2D eigenvalue weighted by Gasteiger charge is 2.20. The number of hydrogen-bond acceptors (Lipinski definition) is 2. The van der Waals surface area contributed by atoms with Gasteiger partial charge in [-0.05, 0) is 12.8 Å². The molecule has 1 heterocycles. The molecule has 0 aromatic carbocycles. The van der Waals surface area contributed by atoms with E-state index in [-0.39, 0.29) is 0 Å². The van der Waals surface area contributed by atoms with Crippen LogP contribution < -0.4 is 0 Å². The Morgan fingerprint density at radius 3 is 3.08 bits per heavy atom. The number of hydrogen-bond donors (Lipinski definition) is 0. The maximum atomic E-state index is 10.4. The van der Waals surface area contributed by atoms with Crippen molar-refractivity contribution in [3.8, 4) is 0 Å². The van der Waals surface area contributed by atoms with E-state index < -0.39 is 0 Å². The lowest BCUT2D eigenvalue weighted by Crippen LogP contribution is -2.21. The van der Waals surface area contributed by atoms with E-state index >= 15 is 0 Å². The third-order valence-corrected chi connectivity index (χ3v) is 2.18. The van der Waals surface area contributed by atoms with Crippen molar-refractivity contribution < 1.29 is 9.53 Å². The summed E-state index contributed by atoms with van der Waals surface area (Å²) < 4.78 is 5.57. The molecule has 12 heavy (non-hydrogen) atoms. The Kier molecular flexibility index (Phi) is 4.08. The van der Waals surface area contributed by atoms with E-state index in [0.29, 0.717) is 6.10 Å². The van der Waals surface area contributed by atoms with Crippen molar-refractivity contribution in [2.75, 3.05) is 19.7 Å². The lowest BCUT2D eigenvalue weighted by Gasteiger charge is -2.11. The van der Waals surface area contributed by atoms with Crippen molar-refractivity contribution in [3.05, 3.63) is 0 Å². The quantitative estimate of drug-likeness (QED) is 0.457. The molecule has 1 fully saturated rings. The standard InChI is InChI=1S/C9H17NO2/c1-2-3-6-12-9-4-5-10(7-9)8-11/h8-9H,2-7H2,1H3. The van der Waals surface area contributed by atoms with Crippen LogP contribution in [-0.2, 0) is 9.53 Å². The van der Waals surface area contributed by atoms with Crippen LogP contribution in [0.1, 0.15) is 26.2 Å². The summed E-state index contributed by atoms with van der Waals surface area (Å²) in [6.45, 7) is 4.64. The highest BCUT2D eigenvalue weighted by molar-refractivity contribution is 5.47. The van der Waals surface area contributed by atoms with Gasteiger partial charge in [-0.3, -0.25) is 4.79 Å². The molecule has 0 aromatic heterocycles. The van der Waals surface area contributed by atoms with Gasteiger partial charge in [-0.1, -0.05) is 13.3 Å². The van der Waals surface area contributed by atoms with E-state index in [1.54, 1.807) is 4.90 Å². The van der Waals surface area contributed by atoms with Gasteiger partial charge in [-0.25, -0.2) is 0 Å². The maximum absolute atomic E-state index is 10.4. The number of carbonyl (C=O) groups is 1. The van der Waals surface area contributed by atoms with E-state index in [0.717, 1.165) is 38.9 Å². The first kappa shape index (κ1) is 9.52. The molecule has 0 radical (unpaired) electrons.